The summed E-state index contributed by atoms with van der Waals surface area (Å²) < 4.78 is 4.39. The van der Waals surface area contributed by atoms with Crippen molar-refractivity contribution in [3.63, 3.8) is 0 Å². The molecule has 0 saturated carbocycles. The molecule has 29 heavy (non-hydrogen) atoms. The van der Waals surface area contributed by atoms with Crippen molar-refractivity contribution >= 4 is 40.0 Å². The maximum Gasteiger partial charge on any atom is 0.413 e. The van der Waals surface area contributed by atoms with Crippen LogP contribution in [0.2, 0.25) is 0 Å². The molecule has 1 aromatic heterocycles. The summed E-state index contributed by atoms with van der Waals surface area (Å²) in [5, 5.41) is 6.59. The van der Waals surface area contributed by atoms with Gasteiger partial charge in [-0.1, -0.05) is 42.5 Å². The topological polar surface area (TPSA) is 102 Å². The zero-order valence-corrected chi connectivity index (χ0v) is 16.1. The number of imide groups is 1. The lowest BCUT2D eigenvalue weighted by Gasteiger charge is -2.07. The van der Waals surface area contributed by atoms with Crippen LogP contribution in [0.4, 0.5) is 9.80 Å². The van der Waals surface area contributed by atoms with E-state index in [-0.39, 0.29) is 11.3 Å². The van der Waals surface area contributed by atoms with Gasteiger partial charge in [-0.25, -0.2) is 4.79 Å². The van der Waals surface area contributed by atoms with Crippen molar-refractivity contribution < 1.29 is 23.9 Å². The van der Waals surface area contributed by atoms with Gasteiger partial charge in [-0.3, -0.25) is 19.7 Å². The zero-order valence-electron chi connectivity index (χ0n) is 15.3. The van der Waals surface area contributed by atoms with Gasteiger partial charge in [0.05, 0.1) is 12.7 Å². The molecule has 7 nitrogen and oxygen atoms in total. The van der Waals surface area contributed by atoms with Gasteiger partial charge >= 0.3 is 6.09 Å². The van der Waals surface area contributed by atoms with Gasteiger partial charge in [-0.15, -0.1) is 11.3 Å². The molecule has 0 radical (unpaired) electrons. The lowest BCUT2D eigenvalue weighted by atomic mass is 10.0. The molecule has 3 amide bonds. The Morgan fingerprint density at radius 3 is 2.07 bits per heavy atom. The maximum absolute atomic E-state index is 12.5. The number of hydrogen-bond donors (Lipinski definition) is 2. The first-order chi connectivity index (χ1) is 14.0. The van der Waals surface area contributed by atoms with Crippen LogP contribution in [0.15, 0.2) is 66.0 Å². The predicted octanol–water partition coefficient (Wildman–Crippen LogP) is 3.73. The molecule has 0 aliphatic rings. The lowest BCUT2D eigenvalue weighted by molar-refractivity contribution is 0.0937. The number of nitrogens with one attached hydrogen (secondary N) is 2. The zero-order chi connectivity index (χ0) is 20.8. The highest BCUT2D eigenvalue weighted by Gasteiger charge is 2.18. The smallest absolute Gasteiger partial charge is 0.413 e. The number of methoxy groups -OCH3 is 1. The Hall–Kier alpha value is -3.78. The third-order valence-corrected chi connectivity index (χ3v) is 4.81. The van der Waals surface area contributed by atoms with Crippen LogP contribution in [0.25, 0.3) is 0 Å². The number of ketones is 1. The average molecular weight is 408 g/mol. The predicted molar refractivity (Wildman–Crippen MR) is 108 cm³/mol. The molecule has 3 aromatic rings. The largest absolute Gasteiger partial charge is 0.453 e. The Bertz CT molecular complexity index is 1060. The van der Waals surface area contributed by atoms with Gasteiger partial charge in [0, 0.05) is 16.7 Å². The molecule has 2 N–H and O–H groups in total. The molecular weight excluding hydrogens is 392 g/mol. The van der Waals surface area contributed by atoms with E-state index in [1.165, 1.54) is 18.2 Å². The molecule has 1 heterocycles. The van der Waals surface area contributed by atoms with Gasteiger partial charge < -0.3 is 10.1 Å². The van der Waals surface area contributed by atoms with Crippen LogP contribution in [0.1, 0.15) is 36.6 Å². The van der Waals surface area contributed by atoms with Crippen LogP contribution in [0, 0.1) is 0 Å². The summed E-state index contributed by atoms with van der Waals surface area (Å²) in [7, 11) is 1.14. The minimum Gasteiger partial charge on any atom is -0.453 e. The highest BCUT2D eigenvalue weighted by atomic mass is 32.1. The average Bonchev–Trinajstić information content (AvgIpc) is 3.22. The van der Waals surface area contributed by atoms with Crippen molar-refractivity contribution in [2.75, 3.05) is 12.4 Å². The van der Waals surface area contributed by atoms with Gasteiger partial charge in [0.2, 0.25) is 0 Å². The number of ether oxygens (including phenoxy) is 1. The Balaban J connectivity index is 1.71. The van der Waals surface area contributed by atoms with Crippen LogP contribution in [-0.4, -0.2) is 30.8 Å². The number of rotatable bonds is 5. The van der Waals surface area contributed by atoms with Gasteiger partial charge in [0.1, 0.15) is 5.00 Å². The minimum absolute atomic E-state index is 0.141. The number of amides is 3. The summed E-state index contributed by atoms with van der Waals surface area (Å²) in [6.07, 6.45) is -0.892. The lowest BCUT2D eigenvalue weighted by Crippen LogP contribution is -2.30. The fourth-order valence-corrected chi connectivity index (χ4v) is 3.28. The number of anilines is 1. The van der Waals surface area contributed by atoms with Crippen LogP contribution in [0.3, 0.4) is 0 Å². The van der Waals surface area contributed by atoms with Gasteiger partial charge in [-0.05, 0) is 23.6 Å². The number of carbonyl (C=O) groups excluding carboxylic acids is 4. The Morgan fingerprint density at radius 2 is 1.41 bits per heavy atom. The number of carbonyl (C=O) groups is 4. The highest BCUT2D eigenvalue weighted by Crippen LogP contribution is 2.24. The molecule has 0 saturated heterocycles. The highest BCUT2D eigenvalue weighted by molar-refractivity contribution is 7.14. The van der Waals surface area contributed by atoms with E-state index in [0.717, 1.165) is 18.4 Å². The van der Waals surface area contributed by atoms with E-state index in [4.69, 9.17) is 0 Å². The monoisotopic (exact) mass is 408 g/mol. The SMILES string of the molecule is COC(=O)NC(=O)c1ccsc1NC(=O)c1ccc(C(=O)c2ccccc2)cc1. The second-order valence-corrected chi connectivity index (χ2v) is 6.75. The summed E-state index contributed by atoms with van der Waals surface area (Å²) >= 11 is 1.14. The van der Waals surface area contributed by atoms with Crippen LogP contribution in [-0.2, 0) is 4.74 Å². The molecule has 2 aromatic carbocycles. The van der Waals surface area contributed by atoms with E-state index in [9.17, 15) is 19.2 Å². The Labute approximate surface area is 170 Å². The Morgan fingerprint density at radius 1 is 0.793 bits per heavy atom. The first kappa shape index (κ1) is 20.0. The molecule has 0 aliphatic carbocycles. The van der Waals surface area contributed by atoms with E-state index in [2.05, 4.69) is 10.1 Å². The second-order valence-electron chi connectivity index (χ2n) is 5.84. The third kappa shape index (κ3) is 4.74. The van der Waals surface area contributed by atoms with Crippen molar-refractivity contribution in [2.24, 2.45) is 0 Å². The molecule has 0 bridgehead atoms. The molecule has 0 atom stereocenters. The number of thiophene rings is 1. The molecule has 0 fully saturated rings. The van der Waals surface area contributed by atoms with Crippen molar-refractivity contribution in [3.8, 4) is 0 Å². The van der Waals surface area contributed by atoms with Gasteiger partial charge in [0.15, 0.2) is 5.78 Å². The molecule has 8 heteroatoms. The van der Waals surface area contributed by atoms with Crippen molar-refractivity contribution in [1.82, 2.24) is 5.32 Å². The molecule has 0 aliphatic heterocycles. The molecule has 0 spiro atoms. The van der Waals surface area contributed by atoms with E-state index in [1.54, 1.807) is 41.8 Å². The van der Waals surface area contributed by atoms with E-state index < -0.39 is 17.9 Å². The van der Waals surface area contributed by atoms with Crippen LogP contribution < -0.4 is 10.6 Å². The maximum atomic E-state index is 12.5. The summed E-state index contributed by atoms with van der Waals surface area (Å²) in [6, 6.07) is 16.5. The number of hydrogen-bond acceptors (Lipinski definition) is 6. The molecule has 146 valence electrons. The van der Waals surface area contributed by atoms with Gasteiger partial charge in [-0.2, -0.15) is 0 Å². The Kier molecular flexibility index (Phi) is 6.16. The molecular formula is C21H16N2O5S. The number of alkyl carbamates (subject to hydrolysis) is 1. The van der Waals surface area contributed by atoms with E-state index in [0.29, 0.717) is 21.7 Å². The fraction of sp³-hybridized carbons (Fsp3) is 0.0476. The first-order valence-corrected chi connectivity index (χ1v) is 9.35. The van der Waals surface area contributed by atoms with E-state index in [1.807, 2.05) is 11.4 Å². The number of benzene rings is 2. The van der Waals surface area contributed by atoms with E-state index >= 15 is 0 Å². The van der Waals surface area contributed by atoms with Crippen LogP contribution >= 0.6 is 11.3 Å². The standard InChI is InChI=1S/C21H16N2O5S/c1-28-21(27)23-19(26)16-11-12-29-20(16)22-18(25)15-9-7-14(8-10-15)17(24)13-5-3-2-4-6-13/h2-12H,1H3,(H,22,25)(H,23,26,27). The van der Waals surface area contributed by atoms with Crippen LogP contribution in [0.5, 0.6) is 0 Å². The summed E-state index contributed by atoms with van der Waals surface area (Å²) in [6.45, 7) is 0. The molecule has 0 unspecified atom stereocenters. The normalized spacial score (nSPS) is 10.1. The summed E-state index contributed by atoms with van der Waals surface area (Å²) in [5.74, 6) is -1.27. The fourth-order valence-electron chi connectivity index (χ4n) is 2.50. The molecule has 3 rings (SSSR count). The summed E-state index contributed by atoms with van der Waals surface area (Å²) in [5.41, 5.74) is 1.48. The summed E-state index contributed by atoms with van der Waals surface area (Å²) in [4.78, 5) is 48.2. The third-order valence-electron chi connectivity index (χ3n) is 3.98. The minimum atomic E-state index is -0.892. The van der Waals surface area contributed by atoms with Crippen molar-refractivity contribution in [3.05, 3.63) is 88.3 Å². The second kappa shape index (κ2) is 8.94. The quantitative estimate of drug-likeness (QED) is 0.627. The van der Waals surface area contributed by atoms with Crippen molar-refractivity contribution in [1.29, 1.82) is 0 Å². The van der Waals surface area contributed by atoms with Crippen molar-refractivity contribution in [2.45, 2.75) is 0 Å². The van der Waals surface area contributed by atoms with Gasteiger partial charge in [0.25, 0.3) is 11.8 Å². The first-order valence-electron chi connectivity index (χ1n) is 8.47.